The molecule has 0 saturated carbocycles. The number of nitrogens with zero attached hydrogens (tertiary/aromatic N) is 3. The molecule has 0 fully saturated rings. The molecule has 6 nitrogen and oxygen atoms in total. The van der Waals surface area contributed by atoms with Crippen LogP contribution in [0.3, 0.4) is 0 Å². The van der Waals surface area contributed by atoms with Crippen LogP contribution in [-0.2, 0) is 16.6 Å². The normalized spacial score (nSPS) is 23.8. The van der Waals surface area contributed by atoms with Crippen LogP contribution in [0.2, 0.25) is 0 Å². The summed E-state index contributed by atoms with van der Waals surface area (Å²) in [5.74, 6) is -0.633. The molecule has 2 aliphatic rings. The molecule has 0 saturated heterocycles. The van der Waals surface area contributed by atoms with E-state index in [9.17, 15) is 9.59 Å². The third kappa shape index (κ3) is 2.40. The molecular formula is C15H16N4O2. The molecule has 2 amide bonds. The number of carbonyl (C=O) groups excluding carboxylic acids is 2. The Morgan fingerprint density at radius 3 is 2.76 bits per heavy atom. The van der Waals surface area contributed by atoms with Crippen molar-refractivity contribution in [1.29, 1.82) is 0 Å². The highest BCUT2D eigenvalue weighted by molar-refractivity contribution is 6.23. The summed E-state index contributed by atoms with van der Waals surface area (Å²) in [5.41, 5.74) is 0.739. The van der Waals surface area contributed by atoms with E-state index in [0.29, 0.717) is 5.69 Å². The summed E-state index contributed by atoms with van der Waals surface area (Å²) in [6, 6.07) is -0.0163. The van der Waals surface area contributed by atoms with E-state index in [1.165, 1.54) is 0 Å². The van der Waals surface area contributed by atoms with Crippen LogP contribution in [-0.4, -0.2) is 39.6 Å². The number of rotatable bonds is 2. The second-order valence-corrected chi connectivity index (χ2v) is 5.19. The Kier molecular flexibility index (Phi) is 3.21. The molecule has 0 bridgehead atoms. The molecule has 108 valence electrons. The van der Waals surface area contributed by atoms with Gasteiger partial charge >= 0.3 is 0 Å². The number of hydrogen-bond donors (Lipinski definition) is 1. The zero-order chi connectivity index (χ0) is 15.0. The Hall–Kier alpha value is -2.63. The van der Waals surface area contributed by atoms with Gasteiger partial charge in [-0.25, -0.2) is 0 Å². The van der Waals surface area contributed by atoms with Crippen molar-refractivity contribution in [2.45, 2.75) is 6.04 Å². The van der Waals surface area contributed by atoms with Crippen molar-refractivity contribution in [2.24, 2.45) is 13.0 Å². The molecule has 1 aliphatic carbocycles. The van der Waals surface area contributed by atoms with E-state index in [0.717, 1.165) is 0 Å². The lowest BCUT2D eigenvalue weighted by Gasteiger charge is -2.35. The number of likely N-dealkylation sites (N-methyl/N-ethyl adjacent to an activating group) is 1. The standard InChI is InChI=1S/C15H16N4O2/c1-18-9-11(8-16-18)17-14(20)12-7-10-5-3-4-6-13(10)19(2)15(12)21/h3-10,13H,1-2H3,(H,17,20). The first-order valence-electron chi connectivity index (χ1n) is 6.70. The molecule has 0 spiro atoms. The molecule has 2 unspecified atom stereocenters. The van der Waals surface area contributed by atoms with Crippen LogP contribution < -0.4 is 5.32 Å². The summed E-state index contributed by atoms with van der Waals surface area (Å²) in [6.45, 7) is 0. The van der Waals surface area contributed by atoms with Crippen LogP contribution in [0.1, 0.15) is 0 Å². The highest BCUT2D eigenvalue weighted by atomic mass is 16.2. The second kappa shape index (κ2) is 5.05. The lowest BCUT2D eigenvalue weighted by molar-refractivity contribution is -0.130. The van der Waals surface area contributed by atoms with Crippen molar-refractivity contribution in [3.63, 3.8) is 0 Å². The summed E-state index contributed by atoms with van der Waals surface area (Å²) in [4.78, 5) is 26.2. The number of hydrogen-bond acceptors (Lipinski definition) is 3. The lowest BCUT2D eigenvalue weighted by atomic mass is 9.87. The quantitative estimate of drug-likeness (QED) is 0.819. The molecule has 0 radical (unpaired) electrons. The monoisotopic (exact) mass is 284 g/mol. The zero-order valence-electron chi connectivity index (χ0n) is 11.9. The number of aromatic nitrogens is 2. The van der Waals surface area contributed by atoms with Crippen LogP contribution in [0.4, 0.5) is 5.69 Å². The van der Waals surface area contributed by atoms with E-state index in [1.807, 2.05) is 24.3 Å². The fraction of sp³-hybridized carbons (Fsp3) is 0.267. The summed E-state index contributed by atoms with van der Waals surface area (Å²) >= 11 is 0. The van der Waals surface area contributed by atoms with Gasteiger partial charge in [0.1, 0.15) is 5.57 Å². The molecule has 21 heavy (non-hydrogen) atoms. The average molecular weight is 284 g/mol. The van der Waals surface area contributed by atoms with Crippen LogP contribution in [0.15, 0.2) is 48.3 Å². The first kappa shape index (κ1) is 13.4. The fourth-order valence-electron chi connectivity index (χ4n) is 2.60. The van der Waals surface area contributed by atoms with Gasteiger partial charge in [-0.15, -0.1) is 0 Å². The smallest absolute Gasteiger partial charge is 0.261 e. The van der Waals surface area contributed by atoms with Gasteiger partial charge in [0.25, 0.3) is 11.8 Å². The van der Waals surface area contributed by atoms with Gasteiger partial charge in [-0.1, -0.05) is 30.4 Å². The maximum atomic E-state index is 12.3. The van der Waals surface area contributed by atoms with E-state index >= 15 is 0 Å². The minimum Gasteiger partial charge on any atom is -0.334 e. The number of allylic oxidation sites excluding steroid dienone is 2. The molecule has 0 aromatic carbocycles. The molecule has 1 aliphatic heterocycles. The summed E-state index contributed by atoms with van der Waals surface area (Å²) in [6.07, 6.45) is 12.8. The SMILES string of the molecule is CN1C(=O)C(C(=O)Nc2cnn(C)c2)=CC2C=CC=CC21. The molecule has 2 atom stereocenters. The maximum Gasteiger partial charge on any atom is 0.261 e. The van der Waals surface area contributed by atoms with Crippen LogP contribution in [0.5, 0.6) is 0 Å². The molecule has 6 heteroatoms. The topological polar surface area (TPSA) is 67.2 Å². The Bertz CT molecular complexity index is 684. The Labute approximate surface area is 122 Å². The largest absolute Gasteiger partial charge is 0.334 e. The molecular weight excluding hydrogens is 268 g/mol. The van der Waals surface area contributed by atoms with Gasteiger partial charge in [-0.2, -0.15) is 5.10 Å². The van der Waals surface area contributed by atoms with Gasteiger partial charge in [0.05, 0.1) is 17.9 Å². The minimum absolute atomic E-state index is 0.0163. The first-order chi connectivity index (χ1) is 10.1. The van der Waals surface area contributed by atoms with E-state index < -0.39 is 5.91 Å². The van der Waals surface area contributed by atoms with Crippen LogP contribution in [0, 0.1) is 5.92 Å². The summed E-state index contributed by atoms with van der Waals surface area (Å²) in [5, 5.41) is 6.68. The van der Waals surface area contributed by atoms with Crippen molar-refractivity contribution < 1.29 is 9.59 Å². The van der Waals surface area contributed by atoms with E-state index in [-0.39, 0.29) is 23.4 Å². The minimum atomic E-state index is -0.402. The van der Waals surface area contributed by atoms with Crippen LogP contribution >= 0.6 is 0 Å². The number of carbonyl (C=O) groups is 2. The van der Waals surface area contributed by atoms with Crippen molar-refractivity contribution >= 4 is 17.5 Å². The molecule has 3 rings (SSSR count). The van der Waals surface area contributed by atoms with Gasteiger partial charge in [0, 0.05) is 26.2 Å². The number of fused-ring (bicyclic) bond motifs is 1. The number of nitrogens with one attached hydrogen (secondary N) is 1. The predicted octanol–water partition coefficient (Wildman–Crippen LogP) is 0.868. The van der Waals surface area contributed by atoms with Crippen LogP contribution in [0.25, 0.3) is 0 Å². The fourth-order valence-corrected chi connectivity index (χ4v) is 2.60. The van der Waals surface area contributed by atoms with Crippen molar-refractivity contribution in [3.8, 4) is 0 Å². The number of amides is 2. The lowest BCUT2D eigenvalue weighted by Crippen LogP contribution is -2.46. The van der Waals surface area contributed by atoms with Gasteiger partial charge in [-0.05, 0) is 0 Å². The van der Waals surface area contributed by atoms with Crippen molar-refractivity contribution in [1.82, 2.24) is 14.7 Å². The van der Waals surface area contributed by atoms with Crippen molar-refractivity contribution in [2.75, 3.05) is 12.4 Å². The molecule has 1 aromatic heterocycles. The first-order valence-corrected chi connectivity index (χ1v) is 6.70. The van der Waals surface area contributed by atoms with E-state index in [1.54, 1.807) is 42.1 Å². The van der Waals surface area contributed by atoms with Crippen molar-refractivity contribution in [3.05, 3.63) is 48.3 Å². The predicted molar refractivity (Wildman–Crippen MR) is 78.2 cm³/mol. The second-order valence-electron chi connectivity index (χ2n) is 5.19. The Morgan fingerprint density at radius 2 is 2.05 bits per heavy atom. The number of aryl methyl sites for hydroxylation is 1. The highest BCUT2D eigenvalue weighted by Gasteiger charge is 2.35. The molecule has 2 heterocycles. The number of anilines is 1. The summed E-state index contributed by atoms with van der Waals surface area (Å²) < 4.78 is 1.59. The molecule has 1 aromatic rings. The third-order valence-electron chi connectivity index (χ3n) is 3.71. The maximum absolute atomic E-state index is 12.3. The van der Waals surface area contributed by atoms with Gasteiger partial charge in [0.2, 0.25) is 0 Å². The Balaban J connectivity index is 1.85. The third-order valence-corrected chi connectivity index (χ3v) is 3.71. The Morgan fingerprint density at radius 1 is 1.29 bits per heavy atom. The van der Waals surface area contributed by atoms with E-state index in [4.69, 9.17) is 0 Å². The van der Waals surface area contributed by atoms with Gasteiger partial charge in [-0.3, -0.25) is 14.3 Å². The summed E-state index contributed by atoms with van der Waals surface area (Å²) in [7, 11) is 3.48. The molecule has 1 N–H and O–H groups in total. The van der Waals surface area contributed by atoms with E-state index in [2.05, 4.69) is 10.4 Å². The average Bonchev–Trinajstić information content (AvgIpc) is 2.88. The van der Waals surface area contributed by atoms with Gasteiger partial charge in [0.15, 0.2) is 0 Å². The highest BCUT2D eigenvalue weighted by Crippen LogP contribution is 2.27. The van der Waals surface area contributed by atoms with Gasteiger partial charge < -0.3 is 10.2 Å². The zero-order valence-corrected chi connectivity index (χ0v) is 11.9.